The Kier molecular flexibility index (Phi) is 7.02. The molecular weight excluding hydrogens is 392 g/mol. The van der Waals surface area contributed by atoms with Crippen LogP contribution < -0.4 is 10.1 Å². The summed E-state index contributed by atoms with van der Waals surface area (Å²) in [6, 6.07) is 22.2. The number of carbonyl (C=O) groups excluding carboxylic acids is 2. The topological polar surface area (TPSA) is 88.4 Å². The van der Waals surface area contributed by atoms with E-state index in [0.29, 0.717) is 11.3 Å². The number of fused-ring (bicyclic) bond motifs is 1. The third kappa shape index (κ3) is 5.49. The molecule has 0 radical (unpaired) electrons. The summed E-state index contributed by atoms with van der Waals surface area (Å²) in [5.41, 5.74) is 1.42. The van der Waals surface area contributed by atoms with Gasteiger partial charge in [0.2, 0.25) is 0 Å². The second-order valence-corrected chi connectivity index (χ2v) is 6.88. The van der Waals surface area contributed by atoms with Crippen molar-refractivity contribution >= 4 is 28.7 Å². The molecule has 3 aromatic rings. The number of benzene rings is 3. The lowest BCUT2D eigenvalue weighted by molar-refractivity contribution is -0.144. The van der Waals surface area contributed by atoms with E-state index < -0.39 is 18.5 Å². The molecule has 0 aromatic heterocycles. The number of amides is 1. The van der Waals surface area contributed by atoms with Gasteiger partial charge in [-0.2, -0.15) is 5.26 Å². The van der Waals surface area contributed by atoms with Crippen LogP contribution in [0.25, 0.3) is 16.8 Å². The minimum Gasteiger partial charge on any atom is -0.497 e. The van der Waals surface area contributed by atoms with Crippen LogP contribution in [0.5, 0.6) is 5.75 Å². The zero-order chi connectivity index (χ0) is 22.2. The lowest BCUT2D eigenvalue weighted by Crippen LogP contribution is -2.31. The average molecular weight is 414 g/mol. The highest BCUT2D eigenvalue weighted by molar-refractivity contribution is 5.99. The summed E-state index contributed by atoms with van der Waals surface area (Å²) >= 11 is 0. The van der Waals surface area contributed by atoms with Gasteiger partial charge in [-0.05, 0) is 47.0 Å². The molecule has 1 N–H and O–H groups in total. The van der Waals surface area contributed by atoms with E-state index in [9.17, 15) is 14.9 Å². The molecule has 156 valence electrons. The van der Waals surface area contributed by atoms with Crippen molar-refractivity contribution in [1.82, 2.24) is 5.32 Å². The summed E-state index contributed by atoms with van der Waals surface area (Å²) in [4.78, 5) is 24.5. The zero-order valence-corrected chi connectivity index (χ0v) is 17.3. The van der Waals surface area contributed by atoms with Crippen LogP contribution in [-0.2, 0) is 14.3 Å². The second-order valence-electron chi connectivity index (χ2n) is 6.88. The summed E-state index contributed by atoms with van der Waals surface area (Å²) in [5.74, 6) is -0.642. The van der Waals surface area contributed by atoms with E-state index in [0.717, 1.165) is 16.3 Å². The van der Waals surface area contributed by atoms with Gasteiger partial charge in [-0.25, -0.2) is 4.79 Å². The number of methoxy groups -OCH3 is 1. The standard InChI is InChI=1S/C25H22N2O4/c1-17(22-9-5-7-19-6-3-4-8-23(19)22)27-24(28)16-31-25(29)20(15-26)14-18-10-12-21(30-2)13-11-18/h3-14,17H,16H2,1-2H3,(H,27,28)/b20-14+/t17-/m1/s1. The van der Waals surface area contributed by atoms with Crippen LogP contribution in [0.1, 0.15) is 24.1 Å². The first kappa shape index (κ1) is 21.6. The van der Waals surface area contributed by atoms with Crippen LogP contribution >= 0.6 is 0 Å². The maximum Gasteiger partial charge on any atom is 0.349 e. The van der Waals surface area contributed by atoms with Gasteiger partial charge in [0.15, 0.2) is 6.61 Å². The Morgan fingerprint density at radius 2 is 1.77 bits per heavy atom. The van der Waals surface area contributed by atoms with Crippen molar-refractivity contribution in [1.29, 1.82) is 5.26 Å². The number of nitrogens with one attached hydrogen (secondary N) is 1. The lowest BCUT2D eigenvalue weighted by atomic mass is 10.00. The van der Waals surface area contributed by atoms with Crippen LogP contribution in [-0.4, -0.2) is 25.6 Å². The molecule has 1 atom stereocenters. The average Bonchev–Trinajstić information content (AvgIpc) is 2.80. The van der Waals surface area contributed by atoms with Crippen molar-refractivity contribution in [3.63, 3.8) is 0 Å². The number of hydrogen-bond donors (Lipinski definition) is 1. The maximum absolute atomic E-state index is 12.3. The van der Waals surface area contributed by atoms with Crippen LogP contribution in [0.3, 0.4) is 0 Å². The van der Waals surface area contributed by atoms with Gasteiger partial charge < -0.3 is 14.8 Å². The summed E-state index contributed by atoms with van der Waals surface area (Å²) in [7, 11) is 1.55. The number of esters is 1. The SMILES string of the molecule is COc1ccc(/C=C(\C#N)C(=O)OCC(=O)N[C@H](C)c2cccc3ccccc23)cc1. The van der Waals surface area contributed by atoms with E-state index in [1.54, 1.807) is 31.4 Å². The van der Waals surface area contributed by atoms with Crippen molar-refractivity contribution in [3.8, 4) is 11.8 Å². The summed E-state index contributed by atoms with van der Waals surface area (Å²) in [6.45, 7) is 1.39. The Morgan fingerprint density at radius 3 is 2.48 bits per heavy atom. The van der Waals surface area contributed by atoms with Gasteiger partial charge in [0.25, 0.3) is 5.91 Å². The third-order valence-corrected chi connectivity index (χ3v) is 4.77. The molecule has 0 fully saturated rings. The predicted octanol–water partition coefficient (Wildman–Crippen LogP) is 4.18. The van der Waals surface area contributed by atoms with Gasteiger partial charge in [-0.1, -0.05) is 54.6 Å². The normalized spacial score (nSPS) is 12.0. The van der Waals surface area contributed by atoms with Gasteiger partial charge in [0, 0.05) is 0 Å². The molecule has 6 nitrogen and oxygen atoms in total. The molecule has 31 heavy (non-hydrogen) atoms. The van der Waals surface area contributed by atoms with Gasteiger partial charge in [-0.15, -0.1) is 0 Å². The van der Waals surface area contributed by atoms with Crippen LogP contribution in [0.4, 0.5) is 0 Å². The largest absolute Gasteiger partial charge is 0.497 e. The Bertz CT molecular complexity index is 1150. The van der Waals surface area contributed by atoms with Gasteiger partial charge in [0.1, 0.15) is 17.4 Å². The first-order valence-electron chi connectivity index (χ1n) is 9.72. The fraction of sp³-hybridized carbons (Fsp3) is 0.160. The Morgan fingerprint density at radius 1 is 1.06 bits per heavy atom. The first-order valence-corrected chi connectivity index (χ1v) is 9.72. The summed E-state index contributed by atoms with van der Waals surface area (Å²) in [5, 5.41) is 14.2. The maximum atomic E-state index is 12.3. The second kappa shape index (κ2) is 10.1. The molecule has 3 aromatic carbocycles. The molecule has 0 saturated heterocycles. The molecule has 0 aliphatic carbocycles. The van der Waals surface area contributed by atoms with Crippen molar-refractivity contribution in [2.45, 2.75) is 13.0 Å². The number of nitriles is 1. The van der Waals surface area contributed by atoms with E-state index in [1.165, 1.54) is 6.08 Å². The van der Waals surface area contributed by atoms with Crippen LogP contribution in [0.2, 0.25) is 0 Å². The number of hydrogen-bond acceptors (Lipinski definition) is 5. The molecule has 0 aliphatic heterocycles. The fourth-order valence-corrected chi connectivity index (χ4v) is 3.20. The van der Waals surface area contributed by atoms with E-state index >= 15 is 0 Å². The highest BCUT2D eigenvalue weighted by Crippen LogP contribution is 2.24. The van der Waals surface area contributed by atoms with Gasteiger partial charge in [-0.3, -0.25) is 4.79 Å². The molecule has 3 rings (SSSR count). The minimum atomic E-state index is -0.855. The molecule has 0 unspecified atom stereocenters. The fourth-order valence-electron chi connectivity index (χ4n) is 3.20. The van der Waals surface area contributed by atoms with Gasteiger partial charge in [0.05, 0.1) is 13.2 Å². The van der Waals surface area contributed by atoms with Gasteiger partial charge >= 0.3 is 5.97 Å². The molecule has 0 saturated carbocycles. The number of ether oxygens (including phenoxy) is 2. The minimum absolute atomic E-state index is 0.194. The highest BCUT2D eigenvalue weighted by atomic mass is 16.5. The smallest absolute Gasteiger partial charge is 0.349 e. The van der Waals surface area contributed by atoms with Crippen LogP contribution in [0, 0.1) is 11.3 Å². The molecule has 0 aliphatic rings. The quantitative estimate of drug-likeness (QED) is 0.356. The molecule has 0 heterocycles. The summed E-state index contributed by atoms with van der Waals surface area (Å²) < 4.78 is 10.1. The Hall–Kier alpha value is -4.11. The Labute approximate surface area is 180 Å². The molecule has 0 spiro atoms. The zero-order valence-electron chi connectivity index (χ0n) is 17.3. The molecule has 0 bridgehead atoms. The molecule has 6 heteroatoms. The van der Waals surface area contributed by atoms with E-state index in [-0.39, 0.29) is 11.6 Å². The number of nitrogens with zero attached hydrogens (tertiary/aromatic N) is 1. The first-order chi connectivity index (χ1) is 15.0. The predicted molar refractivity (Wildman–Crippen MR) is 118 cm³/mol. The van der Waals surface area contributed by atoms with Crippen molar-refractivity contribution in [2.24, 2.45) is 0 Å². The number of carbonyl (C=O) groups is 2. The summed E-state index contributed by atoms with van der Waals surface area (Å²) in [6.07, 6.45) is 1.40. The number of rotatable bonds is 7. The monoisotopic (exact) mass is 414 g/mol. The van der Waals surface area contributed by atoms with E-state index in [4.69, 9.17) is 9.47 Å². The van der Waals surface area contributed by atoms with Crippen LogP contribution in [0.15, 0.2) is 72.3 Å². The molecular formula is C25H22N2O4. The molecule has 1 amide bonds. The highest BCUT2D eigenvalue weighted by Gasteiger charge is 2.16. The lowest BCUT2D eigenvalue weighted by Gasteiger charge is -2.16. The van der Waals surface area contributed by atoms with E-state index in [1.807, 2.05) is 55.5 Å². The van der Waals surface area contributed by atoms with E-state index in [2.05, 4.69) is 5.32 Å². The third-order valence-electron chi connectivity index (χ3n) is 4.77. The van der Waals surface area contributed by atoms with Crippen molar-refractivity contribution in [3.05, 3.63) is 83.4 Å². The van der Waals surface area contributed by atoms with Crippen molar-refractivity contribution in [2.75, 3.05) is 13.7 Å². The Balaban J connectivity index is 1.60. The van der Waals surface area contributed by atoms with Crippen molar-refractivity contribution < 1.29 is 19.1 Å².